The fourth-order valence-corrected chi connectivity index (χ4v) is 2.12. The molecule has 0 bridgehead atoms. The van der Waals surface area contributed by atoms with Crippen LogP contribution in [-0.4, -0.2) is 10.2 Å². The number of nitrogens with zero attached hydrogens (tertiary/aromatic N) is 1. The van der Waals surface area contributed by atoms with Gasteiger partial charge in [0.25, 0.3) is 0 Å². The first kappa shape index (κ1) is 11.7. The first-order chi connectivity index (χ1) is 7.58. The third-order valence-corrected chi connectivity index (χ3v) is 3.97. The zero-order valence-electron chi connectivity index (χ0n) is 8.90. The van der Waals surface area contributed by atoms with Crippen molar-refractivity contribution in [1.29, 1.82) is 0 Å². The molecule has 2 N–H and O–H groups in total. The van der Waals surface area contributed by atoms with Gasteiger partial charge in [-0.3, -0.25) is 5.10 Å². The second-order valence-electron chi connectivity index (χ2n) is 3.50. The Labute approximate surface area is 110 Å². The molecule has 2 rings (SSSR count). The second kappa shape index (κ2) is 4.63. The average molecular weight is 349 g/mol. The van der Waals surface area contributed by atoms with Gasteiger partial charge in [0.05, 0.1) is 28.1 Å². The minimum Gasteiger partial charge on any atom is -0.451 e. The number of nitrogens with one attached hydrogen (secondary N) is 2. The van der Waals surface area contributed by atoms with Crippen LogP contribution < -0.4 is 5.32 Å². The fraction of sp³-hybridized carbons (Fsp3) is 0.300. The van der Waals surface area contributed by atoms with E-state index in [1.807, 2.05) is 19.9 Å². The average Bonchev–Trinajstić information content (AvgIpc) is 2.70. The molecule has 0 radical (unpaired) electrons. The molecule has 0 unspecified atom stereocenters. The Morgan fingerprint density at radius 2 is 2.19 bits per heavy atom. The molecule has 0 aliphatic carbocycles. The summed E-state index contributed by atoms with van der Waals surface area (Å²) in [6.45, 7) is 4.57. The van der Waals surface area contributed by atoms with Crippen molar-refractivity contribution in [3.63, 3.8) is 0 Å². The molecule has 16 heavy (non-hydrogen) atoms. The van der Waals surface area contributed by atoms with Gasteiger partial charge < -0.3 is 9.73 Å². The van der Waals surface area contributed by atoms with Crippen LogP contribution in [0.3, 0.4) is 0 Å². The van der Waals surface area contributed by atoms with E-state index in [9.17, 15) is 0 Å². The van der Waals surface area contributed by atoms with Gasteiger partial charge >= 0.3 is 0 Å². The van der Waals surface area contributed by atoms with E-state index in [4.69, 9.17) is 4.42 Å². The molecule has 0 spiro atoms. The van der Waals surface area contributed by atoms with Gasteiger partial charge in [-0.1, -0.05) is 0 Å². The van der Waals surface area contributed by atoms with Gasteiger partial charge in [-0.05, 0) is 51.8 Å². The van der Waals surface area contributed by atoms with Crippen molar-refractivity contribution in [2.75, 3.05) is 5.32 Å². The summed E-state index contributed by atoms with van der Waals surface area (Å²) in [6.07, 6.45) is 0. The van der Waals surface area contributed by atoms with E-state index >= 15 is 0 Å². The third kappa shape index (κ3) is 2.32. The molecule has 4 nitrogen and oxygen atoms in total. The first-order valence-electron chi connectivity index (χ1n) is 4.77. The molecular weight excluding hydrogens is 338 g/mol. The molecule has 86 valence electrons. The van der Waals surface area contributed by atoms with Crippen LogP contribution in [-0.2, 0) is 6.54 Å². The predicted molar refractivity (Wildman–Crippen MR) is 69.5 cm³/mol. The lowest BCUT2D eigenvalue weighted by Gasteiger charge is -2.03. The smallest absolute Gasteiger partial charge is 0.183 e. The van der Waals surface area contributed by atoms with E-state index in [-0.39, 0.29) is 0 Å². The predicted octanol–water partition coefficient (Wildman–Crippen LogP) is 3.76. The number of hydrogen-bond donors (Lipinski definition) is 2. The van der Waals surface area contributed by atoms with E-state index in [2.05, 4.69) is 47.4 Å². The number of H-pyrrole nitrogens is 1. The second-order valence-corrected chi connectivity index (χ2v) is 5.07. The van der Waals surface area contributed by atoms with E-state index in [1.54, 1.807) is 0 Å². The van der Waals surface area contributed by atoms with Crippen molar-refractivity contribution >= 4 is 37.5 Å². The van der Waals surface area contributed by atoms with Crippen LogP contribution in [0.1, 0.15) is 17.1 Å². The normalized spacial score (nSPS) is 10.8. The van der Waals surface area contributed by atoms with Crippen LogP contribution in [0.25, 0.3) is 0 Å². The minimum absolute atomic E-state index is 0.630. The van der Waals surface area contributed by atoms with Crippen LogP contribution in [0.2, 0.25) is 0 Å². The Kier molecular flexibility index (Phi) is 3.39. The molecule has 0 aromatic carbocycles. The number of hydrogen-bond acceptors (Lipinski definition) is 3. The Bertz CT molecular complexity index is 465. The highest BCUT2D eigenvalue weighted by Gasteiger charge is 2.09. The zero-order valence-corrected chi connectivity index (χ0v) is 12.1. The molecular formula is C10H11Br2N3O. The first-order valence-corrected chi connectivity index (χ1v) is 6.35. The molecule has 0 atom stereocenters. The summed E-state index contributed by atoms with van der Waals surface area (Å²) in [6, 6.07) is 1.93. The number of aryl methyl sites for hydroxylation is 2. The highest BCUT2D eigenvalue weighted by Crippen LogP contribution is 2.27. The zero-order chi connectivity index (χ0) is 11.7. The Morgan fingerprint density at radius 3 is 2.69 bits per heavy atom. The largest absolute Gasteiger partial charge is 0.451 e. The fourth-order valence-electron chi connectivity index (χ4n) is 1.47. The summed E-state index contributed by atoms with van der Waals surface area (Å²) in [5, 5.41) is 10.3. The highest BCUT2D eigenvalue weighted by molar-refractivity contribution is 9.13. The number of aromatic nitrogens is 2. The lowest BCUT2D eigenvalue weighted by atomic mass is 10.3. The maximum Gasteiger partial charge on any atom is 0.183 e. The monoisotopic (exact) mass is 347 g/mol. The van der Waals surface area contributed by atoms with Crippen molar-refractivity contribution in [1.82, 2.24) is 10.2 Å². The summed E-state index contributed by atoms with van der Waals surface area (Å²) >= 11 is 6.68. The number of furan rings is 1. The van der Waals surface area contributed by atoms with Gasteiger partial charge in [-0.2, -0.15) is 5.10 Å². The molecule has 0 fully saturated rings. The van der Waals surface area contributed by atoms with Crippen molar-refractivity contribution in [2.45, 2.75) is 20.4 Å². The Morgan fingerprint density at radius 1 is 1.44 bits per heavy atom. The molecule has 0 saturated carbocycles. The lowest BCUT2D eigenvalue weighted by Crippen LogP contribution is -1.99. The lowest BCUT2D eigenvalue weighted by molar-refractivity contribution is 0.494. The standard InChI is InChI=1S/C10H11Br2N3O/c1-5-9(6(2)15-14-5)13-4-7-3-8(11)10(12)16-7/h3,13H,4H2,1-2H3,(H,14,15). The molecule has 2 aromatic rings. The highest BCUT2D eigenvalue weighted by atomic mass is 79.9. The van der Waals surface area contributed by atoms with Crippen molar-refractivity contribution < 1.29 is 4.42 Å². The number of anilines is 1. The van der Waals surface area contributed by atoms with Crippen LogP contribution in [0.4, 0.5) is 5.69 Å². The summed E-state index contributed by atoms with van der Waals surface area (Å²) < 4.78 is 7.10. The Balaban J connectivity index is 2.08. The number of aromatic amines is 1. The SMILES string of the molecule is Cc1n[nH]c(C)c1NCc1cc(Br)c(Br)o1. The van der Waals surface area contributed by atoms with Crippen LogP contribution in [0.5, 0.6) is 0 Å². The molecule has 0 amide bonds. The quantitative estimate of drug-likeness (QED) is 0.887. The van der Waals surface area contributed by atoms with Crippen LogP contribution in [0, 0.1) is 13.8 Å². The van der Waals surface area contributed by atoms with Crippen molar-refractivity contribution in [3.05, 3.63) is 32.4 Å². The van der Waals surface area contributed by atoms with E-state index in [0.29, 0.717) is 11.2 Å². The van der Waals surface area contributed by atoms with E-state index in [0.717, 1.165) is 27.3 Å². The molecule has 0 aliphatic heterocycles. The molecule has 6 heteroatoms. The summed E-state index contributed by atoms with van der Waals surface area (Å²) in [4.78, 5) is 0. The maximum atomic E-state index is 5.47. The maximum absolute atomic E-state index is 5.47. The van der Waals surface area contributed by atoms with E-state index < -0.39 is 0 Å². The number of halogens is 2. The summed E-state index contributed by atoms with van der Waals surface area (Å²) in [5.41, 5.74) is 3.02. The molecule has 0 saturated heterocycles. The Hall–Kier alpha value is -0.750. The number of rotatable bonds is 3. The molecule has 2 heterocycles. The van der Waals surface area contributed by atoms with Crippen molar-refractivity contribution in [2.24, 2.45) is 0 Å². The van der Waals surface area contributed by atoms with Gasteiger partial charge in [0.15, 0.2) is 4.67 Å². The molecule has 0 aliphatic rings. The van der Waals surface area contributed by atoms with Crippen LogP contribution >= 0.6 is 31.9 Å². The van der Waals surface area contributed by atoms with E-state index in [1.165, 1.54) is 0 Å². The van der Waals surface area contributed by atoms with Gasteiger partial charge in [-0.25, -0.2) is 0 Å². The van der Waals surface area contributed by atoms with Crippen LogP contribution in [0.15, 0.2) is 19.6 Å². The van der Waals surface area contributed by atoms with Gasteiger partial charge in [-0.15, -0.1) is 0 Å². The minimum atomic E-state index is 0.630. The van der Waals surface area contributed by atoms with Crippen molar-refractivity contribution in [3.8, 4) is 0 Å². The van der Waals surface area contributed by atoms with Gasteiger partial charge in [0.1, 0.15) is 5.76 Å². The summed E-state index contributed by atoms with van der Waals surface area (Å²) in [7, 11) is 0. The molecule has 2 aromatic heterocycles. The van der Waals surface area contributed by atoms with Gasteiger partial charge in [0.2, 0.25) is 0 Å². The topological polar surface area (TPSA) is 53.9 Å². The third-order valence-electron chi connectivity index (χ3n) is 2.26. The summed E-state index contributed by atoms with van der Waals surface area (Å²) in [5.74, 6) is 0.860. The van der Waals surface area contributed by atoms with Gasteiger partial charge in [0, 0.05) is 0 Å².